The van der Waals surface area contributed by atoms with Crippen molar-refractivity contribution in [2.24, 2.45) is 0 Å². The van der Waals surface area contributed by atoms with E-state index in [0.29, 0.717) is 0 Å². The van der Waals surface area contributed by atoms with Gasteiger partial charge in [-0.2, -0.15) is 0 Å². The zero-order valence-corrected chi connectivity index (χ0v) is 13.5. The van der Waals surface area contributed by atoms with Crippen LogP contribution in [-0.4, -0.2) is 35.3 Å². The Labute approximate surface area is 136 Å². The zero-order valence-electron chi connectivity index (χ0n) is 11.9. The highest BCUT2D eigenvalue weighted by Crippen LogP contribution is 2.29. The summed E-state index contributed by atoms with van der Waals surface area (Å²) in [5.74, 6) is 0. The molecule has 1 aromatic heterocycles. The Morgan fingerprint density at radius 2 is 2.27 bits per heavy atom. The number of piperidine rings is 1. The number of nitrogens with zero attached hydrogens (tertiary/aromatic N) is 2. The molecule has 0 spiro atoms. The molecule has 116 valence electrons. The van der Waals surface area contributed by atoms with E-state index in [9.17, 15) is 4.79 Å². The van der Waals surface area contributed by atoms with Crippen molar-refractivity contribution < 1.29 is 9.90 Å². The van der Waals surface area contributed by atoms with Gasteiger partial charge >= 0.3 is 6.09 Å². The third-order valence-corrected chi connectivity index (χ3v) is 4.32. The average Bonchev–Trinajstić information content (AvgIpc) is 2.52. The topological polar surface area (TPSA) is 77.5 Å². The maximum absolute atomic E-state index is 10.6. The van der Waals surface area contributed by atoms with Crippen LogP contribution in [0.15, 0.2) is 34.9 Å². The molecule has 0 bridgehead atoms. The lowest BCUT2D eigenvalue weighted by atomic mass is 10.0. The zero-order chi connectivity index (χ0) is 15.5. The van der Waals surface area contributed by atoms with Gasteiger partial charge in [-0.25, -0.2) is 10.2 Å². The summed E-state index contributed by atoms with van der Waals surface area (Å²) in [6.45, 7) is 1.71. The van der Waals surface area contributed by atoms with Crippen LogP contribution in [0.5, 0.6) is 0 Å². The first kappa shape index (κ1) is 15.1. The molecule has 1 amide bonds. The van der Waals surface area contributed by atoms with Crippen molar-refractivity contribution in [1.82, 2.24) is 15.8 Å². The highest BCUT2D eigenvalue weighted by molar-refractivity contribution is 9.10. The van der Waals surface area contributed by atoms with Gasteiger partial charge in [0.05, 0.1) is 5.52 Å². The second-order valence-electron chi connectivity index (χ2n) is 5.35. The molecule has 1 saturated heterocycles. The molecule has 1 aliphatic heterocycles. The summed E-state index contributed by atoms with van der Waals surface area (Å²) >= 11 is 3.51. The number of hydrogen-bond donors (Lipinski definition) is 3. The Kier molecular flexibility index (Phi) is 4.44. The number of hydrazine groups is 1. The molecule has 0 radical (unpaired) electrons. The predicted molar refractivity (Wildman–Crippen MR) is 89.0 cm³/mol. The summed E-state index contributed by atoms with van der Waals surface area (Å²) in [7, 11) is 0. The molecule has 1 aliphatic rings. The molecule has 3 N–H and O–H groups in total. The lowest BCUT2D eigenvalue weighted by Crippen LogP contribution is -2.52. The lowest BCUT2D eigenvalue weighted by molar-refractivity contribution is 0.185. The number of hydrogen-bond acceptors (Lipinski definition) is 4. The number of benzene rings is 1. The van der Waals surface area contributed by atoms with Crippen LogP contribution in [0.2, 0.25) is 0 Å². The summed E-state index contributed by atoms with van der Waals surface area (Å²) in [5.41, 5.74) is 7.21. The van der Waals surface area contributed by atoms with E-state index in [1.807, 2.05) is 24.4 Å². The fourth-order valence-electron chi connectivity index (χ4n) is 2.86. The summed E-state index contributed by atoms with van der Waals surface area (Å²) in [4.78, 5) is 17.3. The van der Waals surface area contributed by atoms with Gasteiger partial charge in [0.1, 0.15) is 0 Å². The van der Waals surface area contributed by atoms with E-state index in [2.05, 4.69) is 42.7 Å². The van der Waals surface area contributed by atoms with Gasteiger partial charge in [0.25, 0.3) is 0 Å². The minimum absolute atomic E-state index is 0.0974. The Morgan fingerprint density at radius 3 is 3.09 bits per heavy atom. The average molecular weight is 365 g/mol. The normalized spacial score (nSPS) is 18.4. The van der Waals surface area contributed by atoms with E-state index in [1.54, 1.807) is 0 Å². The molecule has 1 atom stereocenters. The summed E-state index contributed by atoms with van der Waals surface area (Å²) in [6, 6.07) is 8.16. The maximum atomic E-state index is 10.6. The molecule has 22 heavy (non-hydrogen) atoms. The van der Waals surface area contributed by atoms with Crippen LogP contribution >= 0.6 is 15.9 Å². The predicted octanol–water partition coefficient (Wildman–Crippen LogP) is 2.74. The van der Waals surface area contributed by atoms with Crippen LogP contribution in [0.4, 0.5) is 10.5 Å². The van der Waals surface area contributed by atoms with E-state index < -0.39 is 6.09 Å². The number of carboxylic acid groups (broad SMARTS) is 1. The van der Waals surface area contributed by atoms with Crippen LogP contribution < -0.4 is 15.8 Å². The van der Waals surface area contributed by atoms with Crippen LogP contribution in [-0.2, 0) is 0 Å². The third-order valence-electron chi connectivity index (χ3n) is 3.83. The number of anilines is 1. The Balaban J connectivity index is 1.84. The molecule has 3 rings (SSSR count). The monoisotopic (exact) mass is 364 g/mol. The Hall–Kier alpha value is -1.86. The van der Waals surface area contributed by atoms with Crippen molar-refractivity contribution in [3.05, 3.63) is 34.9 Å². The largest absolute Gasteiger partial charge is 0.464 e. The van der Waals surface area contributed by atoms with Crippen molar-refractivity contribution in [2.75, 3.05) is 18.0 Å². The van der Waals surface area contributed by atoms with Crippen LogP contribution in [0.25, 0.3) is 10.9 Å². The quantitative estimate of drug-likeness (QED) is 0.730. The minimum atomic E-state index is -1.06. The number of halogens is 1. The number of nitrogens with one attached hydrogen (secondary N) is 2. The fraction of sp³-hybridized carbons (Fsp3) is 0.333. The van der Waals surface area contributed by atoms with Gasteiger partial charge in [-0.05, 0) is 37.1 Å². The molecule has 2 aromatic rings. The molecule has 7 heteroatoms. The lowest BCUT2D eigenvalue weighted by Gasteiger charge is -2.35. The number of fused-ring (bicyclic) bond motifs is 1. The smallest absolute Gasteiger partial charge is 0.419 e. The fourth-order valence-corrected chi connectivity index (χ4v) is 3.22. The van der Waals surface area contributed by atoms with Crippen molar-refractivity contribution >= 4 is 38.6 Å². The summed E-state index contributed by atoms with van der Waals surface area (Å²) in [5, 5.41) is 9.80. The van der Waals surface area contributed by atoms with E-state index in [0.717, 1.165) is 47.0 Å². The van der Waals surface area contributed by atoms with Gasteiger partial charge in [0.2, 0.25) is 0 Å². The molecular weight excluding hydrogens is 348 g/mol. The molecule has 1 fully saturated rings. The van der Waals surface area contributed by atoms with Crippen molar-refractivity contribution in [2.45, 2.75) is 18.9 Å². The van der Waals surface area contributed by atoms with Crippen molar-refractivity contribution in [3.8, 4) is 0 Å². The minimum Gasteiger partial charge on any atom is -0.464 e. The second kappa shape index (κ2) is 6.50. The third kappa shape index (κ3) is 3.31. The summed E-state index contributed by atoms with van der Waals surface area (Å²) in [6.07, 6.45) is 2.72. The maximum Gasteiger partial charge on any atom is 0.419 e. The molecule has 1 unspecified atom stereocenters. The summed E-state index contributed by atoms with van der Waals surface area (Å²) < 4.78 is 1.02. The van der Waals surface area contributed by atoms with Gasteiger partial charge in [-0.1, -0.05) is 15.9 Å². The number of rotatable bonds is 3. The van der Waals surface area contributed by atoms with E-state index in [4.69, 9.17) is 5.11 Å². The van der Waals surface area contributed by atoms with E-state index >= 15 is 0 Å². The Bertz CT molecular complexity index is 694. The number of pyridine rings is 1. The van der Waals surface area contributed by atoms with Gasteiger partial charge in [0.15, 0.2) is 0 Å². The highest BCUT2D eigenvalue weighted by atomic mass is 79.9. The molecular formula is C15H17BrN4O2. The number of amides is 1. The van der Waals surface area contributed by atoms with Gasteiger partial charge in [0, 0.05) is 40.9 Å². The van der Waals surface area contributed by atoms with Gasteiger partial charge in [-0.15, -0.1) is 0 Å². The van der Waals surface area contributed by atoms with Crippen molar-refractivity contribution in [3.63, 3.8) is 0 Å². The van der Waals surface area contributed by atoms with Gasteiger partial charge < -0.3 is 10.0 Å². The molecule has 1 aromatic carbocycles. The molecule has 6 nitrogen and oxygen atoms in total. The second-order valence-corrected chi connectivity index (χ2v) is 6.27. The Morgan fingerprint density at radius 1 is 1.41 bits per heavy atom. The SMILES string of the molecule is O=C(O)NNC1CCCN(c2ccnc3ccc(Br)cc23)C1. The number of aromatic nitrogens is 1. The highest BCUT2D eigenvalue weighted by Gasteiger charge is 2.21. The van der Waals surface area contributed by atoms with Gasteiger partial charge in [-0.3, -0.25) is 10.4 Å². The van der Waals surface area contributed by atoms with Crippen LogP contribution in [0.1, 0.15) is 12.8 Å². The molecule has 0 aliphatic carbocycles. The first-order valence-electron chi connectivity index (χ1n) is 7.17. The van der Waals surface area contributed by atoms with E-state index in [-0.39, 0.29) is 6.04 Å². The molecule has 0 saturated carbocycles. The first-order chi connectivity index (χ1) is 10.6. The standard InChI is InChI=1S/C15H17BrN4O2/c16-10-3-4-13-12(8-10)14(5-6-17-13)20-7-1-2-11(9-20)18-19-15(21)22/h3-6,8,11,18-19H,1-2,7,9H2,(H,21,22). The molecule has 2 heterocycles. The number of carbonyl (C=O) groups is 1. The first-order valence-corrected chi connectivity index (χ1v) is 7.96. The van der Waals surface area contributed by atoms with Crippen LogP contribution in [0, 0.1) is 0 Å². The van der Waals surface area contributed by atoms with Crippen molar-refractivity contribution in [1.29, 1.82) is 0 Å². The van der Waals surface area contributed by atoms with E-state index in [1.165, 1.54) is 0 Å². The van der Waals surface area contributed by atoms with Crippen LogP contribution in [0.3, 0.4) is 0 Å².